The number of Topliss-reactive ketones (excluding diaryl/α,β-unsaturated/α-hetero) is 1. The molecule has 6 nitrogen and oxygen atoms in total. The lowest BCUT2D eigenvalue weighted by Crippen LogP contribution is -2.52. The van der Waals surface area contributed by atoms with E-state index in [1.54, 1.807) is 17.0 Å². The maximum Gasteiger partial charge on any atom is 0.255 e. The van der Waals surface area contributed by atoms with Crippen LogP contribution in [0, 0.1) is 18.6 Å². The summed E-state index contributed by atoms with van der Waals surface area (Å²) in [5.41, 5.74) is 1.50. The summed E-state index contributed by atoms with van der Waals surface area (Å²) in [7, 11) is 0. The van der Waals surface area contributed by atoms with Gasteiger partial charge in [0.2, 0.25) is 5.91 Å². The van der Waals surface area contributed by atoms with Crippen molar-refractivity contribution in [1.82, 2.24) is 0 Å². The monoisotopic (exact) mass is 459 g/mol. The van der Waals surface area contributed by atoms with E-state index >= 15 is 0 Å². The summed E-state index contributed by atoms with van der Waals surface area (Å²) in [4.78, 5) is 41.9. The highest BCUT2D eigenvalue weighted by atomic mass is 19.1. The van der Waals surface area contributed by atoms with E-state index in [9.17, 15) is 23.2 Å². The van der Waals surface area contributed by atoms with Crippen molar-refractivity contribution in [3.05, 3.63) is 89.0 Å². The van der Waals surface area contributed by atoms with E-state index in [1.165, 1.54) is 36.4 Å². The van der Waals surface area contributed by atoms with Crippen molar-refractivity contribution in [2.75, 3.05) is 15.5 Å². The first-order valence-corrected chi connectivity index (χ1v) is 10.9. The number of anilines is 3. The Morgan fingerprint density at radius 2 is 1.56 bits per heavy atom. The number of carbonyl (C=O) groups excluding carboxylic acids is 3. The number of benzene rings is 3. The number of halogens is 2. The molecule has 0 saturated carbocycles. The topological polar surface area (TPSA) is 78.5 Å². The molecular weight excluding hydrogens is 440 g/mol. The number of aryl methyl sites for hydroxylation is 1. The highest BCUT2D eigenvalue weighted by molar-refractivity contribution is 6.17. The third-order valence-corrected chi connectivity index (χ3v) is 7.02. The summed E-state index contributed by atoms with van der Waals surface area (Å²) in [6.07, 6.45) is -0.248. The Morgan fingerprint density at radius 1 is 0.882 bits per heavy atom. The Balaban J connectivity index is 1.60. The maximum atomic E-state index is 14.4. The fraction of sp³-hybridized carbons (Fsp3) is 0.192. The van der Waals surface area contributed by atoms with Crippen molar-refractivity contribution in [1.29, 1.82) is 0 Å². The zero-order valence-electron chi connectivity index (χ0n) is 18.1. The second kappa shape index (κ2) is 6.96. The SMILES string of the molecule is Cc1ccc(N2C(C3C(=O)Nc4ccc(F)cc43)C(=O)CC23C(=O)Nc2ccc(F)cc23)cc1. The lowest BCUT2D eigenvalue weighted by Gasteiger charge is -2.39. The molecular formula is C26H19F2N3O3. The molecule has 3 aromatic rings. The average molecular weight is 459 g/mol. The van der Waals surface area contributed by atoms with E-state index in [-0.39, 0.29) is 12.2 Å². The molecule has 3 unspecified atom stereocenters. The normalized spacial score (nSPS) is 24.9. The predicted molar refractivity (Wildman–Crippen MR) is 122 cm³/mol. The number of nitrogens with one attached hydrogen (secondary N) is 2. The Bertz CT molecular complexity index is 1400. The van der Waals surface area contributed by atoms with Gasteiger partial charge in [-0.25, -0.2) is 8.78 Å². The summed E-state index contributed by atoms with van der Waals surface area (Å²) in [5.74, 6) is -3.39. The first-order chi connectivity index (χ1) is 16.3. The van der Waals surface area contributed by atoms with Crippen LogP contribution in [0.3, 0.4) is 0 Å². The molecule has 1 spiro atoms. The molecule has 8 heteroatoms. The van der Waals surface area contributed by atoms with Crippen molar-refractivity contribution >= 4 is 34.7 Å². The molecule has 3 atom stereocenters. The minimum Gasteiger partial charge on any atom is -0.342 e. The van der Waals surface area contributed by atoms with Gasteiger partial charge in [-0.3, -0.25) is 14.4 Å². The first kappa shape index (κ1) is 20.5. The lowest BCUT2D eigenvalue weighted by molar-refractivity contribution is -0.124. The molecule has 3 heterocycles. The summed E-state index contributed by atoms with van der Waals surface area (Å²) in [6, 6.07) is 14.0. The van der Waals surface area contributed by atoms with Crippen LogP contribution in [0.4, 0.5) is 25.8 Å². The van der Waals surface area contributed by atoms with Gasteiger partial charge in [0.15, 0.2) is 11.3 Å². The fourth-order valence-corrected chi connectivity index (χ4v) is 5.54. The third-order valence-electron chi connectivity index (χ3n) is 7.02. The Kier molecular flexibility index (Phi) is 4.20. The zero-order chi connectivity index (χ0) is 23.8. The molecule has 0 radical (unpaired) electrons. The fourth-order valence-electron chi connectivity index (χ4n) is 5.54. The van der Waals surface area contributed by atoms with Crippen molar-refractivity contribution in [2.45, 2.75) is 30.8 Å². The quantitative estimate of drug-likeness (QED) is 0.607. The molecule has 3 aliphatic heterocycles. The summed E-state index contributed by atoms with van der Waals surface area (Å²) in [5, 5.41) is 5.51. The average Bonchev–Trinajstić information content (AvgIpc) is 3.38. The van der Waals surface area contributed by atoms with Crippen LogP contribution >= 0.6 is 0 Å². The Morgan fingerprint density at radius 3 is 2.29 bits per heavy atom. The molecule has 0 bridgehead atoms. The van der Waals surface area contributed by atoms with E-state index in [2.05, 4.69) is 10.6 Å². The lowest BCUT2D eigenvalue weighted by atomic mass is 9.87. The Labute approximate surface area is 193 Å². The van der Waals surface area contributed by atoms with Crippen LogP contribution in [0.25, 0.3) is 0 Å². The minimum absolute atomic E-state index is 0.248. The van der Waals surface area contributed by atoms with Crippen LogP contribution in [0.2, 0.25) is 0 Å². The van der Waals surface area contributed by atoms with Crippen molar-refractivity contribution < 1.29 is 23.2 Å². The first-order valence-electron chi connectivity index (χ1n) is 10.9. The number of ketones is 1. The second-order valence-corrected chi connectivity index (χ2v) is 9.00. The van der Waals surface area contributed by atoms with Gasteiger partial charge in [-0.15, -0.1) is 0 Å². The van der Waals surface area contributed by atoms with Gasteiger partial charge >= 0.3 is 0 Å². The van der Waals surface area contributed by atoms with Crippen LogP contribution < -0.4 is 15.5 Å². The molecule has 1 saturated heterocycles. The van der Waals surface area contributed by atoms with Crippen molar-refractivity contribution in [3.63, 3.8) is 0 Å². The smallest absolute Gasteiger partial charge is 0.255 e. The minimum atomic E-state index is -1.54. The number of amides is 2. The van der Waals surface area contributed by atoms with Gasteiger partial charge in [-0.05, 0) is 61.0 Å². The maximum absolute atomic E-state index is 14.4. The van der Waals surface area contributed by atoms with E-state index in [1.807, 2.05) is 19.1 Å². The van der Waals surface area contributed by atoms with Gasteiger partial charge in [0.1, 0.15) is 17.7 Å². The molecule has 6 rings (SSSR count). The number of rotatable bonds is 2. The van der Waals surface area contributed by atoms with Crippen molar-refractivity contribution in [2.24, 2.45) is 0 Å². The third kappa shape index (κ3) is 2.68. The number of nitrogens with zero attached hydrogens (tertiary/aromatic N) is 1. The standard InChI is InChI=1S/C26H19F2N3O3/c1-13-2-6-16(7-3-13)31-23(22-17-10-14(27)4-8-19(17)29-24(22)33)21(32)12-26(31)18-11-15(28)5-9-20(18)30-25(26)34/h2-11,22-23H,12H2,1H3,(H,29,33)(H,30,34). The van der Waals surface area contributed by atoms with Gasteiger partial charge in [0, 0.05) is 29.0 Å². The van der Waals surface area contributed by atoms with Crippen molar-refractivity contribution in [3.8, 4) is 0 Å². The molecule has 1 fully saturated rings. The van der Waals surface area contributed by atoms with Gasteiger partial charge in [-0.2, -0.15) is 0 Å². The predicted octanol–water partition coefficient (Wildman–Crippen LogP) is 4.00. The van der Waals surface area contributed by atoms with Crippen LogP contribution in [-0.2, 0) is 19.9 Å². The van der Waals surface area contributed by atoms with E-state index in [0.717, 1.165) is 5.56 Å². The molecule has 3 aliphatic rings. The highest BCUT2D eigenvalue weighted by Crippen LogP contribution is 2.53. The second-order valence-electron chi connectivity index (χ2n) is 9.00. The van der Waals surface area contributed by atoms with Gasteiger partial charge < -0.3 is 15.5 Å². The van der Waals surface area contributed by atoms with Crippen LogP contribution in [0.5, 0.6) is 0 Å². The van der Waals surface area contributed by atoms with E-state index in [0.29, 0.717) is 28.2 Å². The molecule has 0 aliphatic carbocycles. The number of hydrogen-bond donors (Lipinski definition) is 2. The van der Waals surface area contributed by atoms with Gasteiger partial charge in [0.05, 0.1) is 5.92 Å². The summed E-state index contributed by atoms with van der Waals surface area (Å²) < 4.78 is 28.5. The molecule has 2 amide bonds. The van der Waals surface area contributed by atoms with E-state index in [4.69, 9.17) is 0 Å². The summed E-state index contributed by atoms with van der Waals surface area (Å²) >= 11 is 0. The number of hydrogen-bond acceptors (Lipinski definition) is 4. The highest BCUT2D eigenvalue weighted by Gasteiger charge is 2.63. The largest absolute Gasteiger partial charge is 0.342 e. The van der Waals surface area contributed by atoms with Gasteiger partial charge in [-0.1, -0.05) is 17.7 Å². The van der Waals surface area contributed by atoms with E-state index < -0.39 is 40.9 Å². The molecule has 3 aromatic carbocycles. The number of fused-ring (bicyclic) bond motifs is 3. The van der Waals surface area contributed by atoms with Crippen LogP contribution in [0.15, 0.2) is 60.7 Å². The van der Waals surface area contributed by atoms with Crippen LogP contribution in [-0.4, -0.2) is 23.6 Å². The molecule has 34 heavy (non-hydrogen) atoms. The summed E-state index contributed by atoms with van der Waals surface area (Å²) in [6.45, 7) is 1.91. The Hall–Kier alpha value is -4.07. The number of carbonyl (C=O) groups is 3. The molecule has 2 N–H and O–H groups in total. The van der Waals surface area contributed by atoms with Crippen LogP contribution in [0.1, 0.15) is 29.0 Å². The molecule has 170 valence electrons. The zero-order valence-corrected chi connectivity index (χ0v) is 18.1. The molecule has 0 aromatic heterocycles. The van der Waals surface area contributed by atoms with Gasteiger partial charge in [0.25, 0.3) is 5.91 Å².